The monoisotopic (exact) mass is 388 g/mol. The van der Waals surface area contributed by atoms with Crippen LogP contribution in [0.2, 0.25) is 0 Å². The second-order valence-corrected chi connectivity index (χ2v) is 8.04. The summed E-state index contributed by atoms with van der Waals surface area (Å²) in [6.07, 6.45) is 2.40. The van der Waals surface area contributed by atoms with E-state index in [0.717, 1.165) is 63.7 Å². The number of tetrazole rings is 1. The smallest absolute Gasteiger partial charge is 0.168 e. The summed E-state index contributed by atoms with van der Waals surface area (Å²) in [5.41, 5.74) is 1.07. The zero-order chi connectivity index (χ0) is 19.5. The first kappa shape index (κ1) is 19.3. The molecule has 0 aliphatic carbocycles. The van der Waals surface area contributed by atoms with Gasteiger partial charge in [-0.05, 0) is 53.5 Å². The minimum Gasteiger partial charge on any atom is -0.376 e. The molecule has 8 heteroatoms. The molecule has 0 unspecified atom stereocenters. The minimum absolute atomic E-state index is 0.173. The Kier molecular flexibility index (Phi) is 5.87. The molecular weight excluding hydrogens is 359 g/mol. The SMILES string of the molecule is CC(C)[C@H](c1nnnn1C[C@H]1CCCO1)N1CCN(c2ccc(F)cc2)CC1. The number of rotatable bonds is 6. The van der Waals surface area contributed by atoms with Crippen molar-refractivity contribution in [2.75, 3.05) is 37.7 Å². The Balaban J connectivity index is 1.44. The summed E-state index contributed by atoms with van der Waals surface area (Å²) in [4.78, 5) is 4.78. The molecule has 4 rings (SSSR count). The highest BCUT2D eigenvalue weighted by molar-refractivity contribution is 5.46. The number of nitrogens with zero attached hydrogens (tertiary/aromatic N) is 6. The average Bonchev–Trinajstić information content (AvgIpc) is 3.36. The highest BCUT2D eigenvalue weighted by Crippen LogP contribution is 2.29. The van der Waals surface area contributed by atoms with Gasteiger partial charge in [0.1, 0.15) is 5.82 Å². The molecule has 0 radical (unpaired) electrons. The number of piperazine rings is 1. The standard InChI is InChI=1S/C20H29FN6O/c1-15(2)19(20-22-23-24-27(20)14-18-4-3-13-28-18)26-11-9-25(10-12-26)17-7-5-16(21)6-8-17/h5-8,15,18-19H,3-4,9-14H2,1-2H3/t18-,19-/m1/s1. The normalized spacial score (nSPS) is 22.1. The van der Waals surface area contributed by atoms with Gasteiger partial charge in [-0.2, -0.15) is 0 Å². The highest BCUT2D eigenvalue weighted by Gasteiger charge is 2.32. The van der Waals surface area contributed by atoms with Crippen molar-refractivity contribution in [1.29, 1.82) is 0 Å². The van der Waals surface area contributed by atoms with Gasteiger partial charge in [-0.15, -0.1) is 5.10 Å². The van der Waals surface area contributed by atoms with Crippen molar-refractivity contribution in [2.24, 2.45) is 5.92 Å². The van der Waals surface area contributed by atoms with Gasteiger partial charge in [-0.1, -0.05) is 13.8 Å². The fraction of sp³-hybridized carbons (Fsp3) is 0.650. The first-order valence-corrected chi connectivity index (χ1v) is 10.2. The Hall–Kier alpha value is -2.06. The van der Waals surface area contributed by atoms with E-state index >= 15 is 0 Å². The molecule has 0 spiro atoms. The molecule has 0 N–H and O–H groups in total. The second-order valence-electron chi connectivity index (χ2n) is 8.04. The number of halogens is 1. The van der Waals surface area contributed by atoms with Crippen LogP contribution in [0.3, 0.4) is 0 Å². The molecule has 2 aliphatic rings. The third-order valence-electron chi connectivity index (χ3n) is 5.76. The molecule has 0 bridgehead atoms. The van der Waals surface area contributed by atoms with Crippen molar-refractivity contribution in [3.05, 3.63) is 35.9 Å². The molecule has 2 aliphatic heterocycles. The van der Waals surface area contributed by atoms with Gasteiger partial charge in [0.05, 0.1) is 18.7 Å². The molecule has 2 fully saturated rings. The summed E-state index contributed by atoms with van der Waals surface area (Å²) in [6.45, 7) is 9.66. The topological polar surface area (TPSA) is 59.3 Å². The van der Waals surface area contributed by atoms with E-state index in [0.29, 0.717) is 5.92 Å². The van der Waals surface area contributed by atoms with Gasteiger partial charge in [0, 0.05) is 38.5 Å². The van der Waals surface area contributed by atoms with Crippen LogP contribution in [0.15, 0.2) is 24.3 Å². The molecule has 2 saturated heterocycles. The van der Waals surface area contributed by atoms with E-state index in [1.807, 2.05) is 16.8 Å². The third kappa shape index (κ3) is 4.17. The van der Waals surface area contributed by atoms with Crippen LogP contribution in [0.25, 0.3) is 0 Å². The van der Waals surface area contributed by atoms with Crippen LogP contribution in [0.1, 0.15) is 38.6 Å². The van der Waals surface area contributed by atoms with E-state index in [1.54, 1.807) is 0 Å². The van der Waals surface area contributed by atoms with Crippen molar-refractivity contribution in [1.82, 2.24) is 25.1 Å². The van der Waals surface area contributed by atoms with Crippen LogP contribution in [-0.4, -0.2) is 64.0 Å². The summed E-state index contributed by atoms with van der Waals surface area (Å²) >= 11 is 0. The Morgan fingerprint density at radius 2 is 1.89 bits per heavy atom. The minimum atomic E-state index is -0.194. The van der Waals surface area contributed by atoms with Crippen molar-refractivity contribution >= 4 is 5.69 Å². The summed E-state index contributed by atoms with van der Waals surface area (Å²) < 4.78 is 20.9. The molecule has 0 amide bonds. The molecule has 0 saturated carbocycles. The summed E-state index contributed by atoms with van der Waals surface area (Å²) in [5, 5.41) is 12.6. The number of hydrogen-bond donors (Lipinski definition) is 0. The highest BCUT2D eigenvalue weighted by atomic mass is 19.1. The van der Waals surface area contributed by atoms with Gasteiger partial charge in [-0.25, -0.2) is 9.07 Å². The van der Waals surface area contributed by atoms with Crippen molar-refractivity contribution in [3.8, 4) is 0 Å². The van der Waals surface area contributed by atoms with E-state index in [1.165, 1.54) is 12.1 Å². The average molecular weight is 388 g/mol. The maximum atomic E-state index is 13.2. The van der Waals surface area contributed by atoms with Gasteiger partial charge >= 0.3 is 0 Å². The summed E-state index contributed by atoms with van der Waals surface area (Å²) in [7, 11) is 0. The van der Waals surface area contributed by atoms with E-state index in [9.17, 15) is 4.39 Å². The van der Waals surface area contributed by atoms with Crippen LogP contribution >= 0.6 is 0 Å². The van der Waals surface area contributed by atoms with Gasteiger partial charge in [0.15, 0.2) is 5.82 Å². The maximum absolute atomic E-state index is 13.2. The van der Waals surface area contributed by atoms with Crippen molar-refractivity contribution in [3.63, 3.8) is 0 Å². The molecule has 152 valence electrons. The van der Waals surface area contributed by atoms with Gasteiger partial charge in [-0.3, -0.25) is 4.90 Å². The predicted octanol–water partition coefficient (Wildman–Crippen LogP) is 2.51. The molecular formula is C20H29FN6O. The van der Waals surface area contributed by atoms with Crippen LogP contribution in [0, 0.1) is 11.7 Å². The lowest BCUT2D eigenvalue weighted by molar-refractivity contribution is 0.0865. The van der Waals surface area contributed by atoms with Gasteiger partial charge in [0.25, 0.3) is 0 Å². The number of hydrogen-bond acceptors (Lipinski definition) is 6. The first-order valence-electron chi connectivity index (χ1n) is 10.2. The largest absolute Gasteiger partial charge is 0.376 e. The van der Waals surface area contributed by atoms with Crippen molar-refractivity contribution < 1.29 is 9.13 Å². The van der Waals surface area contributed by atoms with E-state index < -0.39 is 0 Å². The first-order chi connectivity index (χ1) is 13.6. The lowest BCUT2D eigenvalue weighted by Crippen LogP contribution is -2.49. The molecule has 2 aromatic rings. The number of ether oxygens (including phenoxy) is 1. The Bertz CT molecular complexity index is 750. The molecule has 3 heterocycles. The number of aromatic nitrogens is 4. The number of anilines is 1. The van der Waals surface area contributed by atoms with E-state index in [-0.39, 0.29) is 18.0 Å². The Morgan fingerprint density at radius 1 is 1.14 bits per heavy atom. The molecule has 7 nitrogen and oxygen atoms in total. The maximum Gasteiger partial charge on any atom is 0.168 e. The van der Waals surface area contributed by atoms with Crippen LogP contribution < -0.4 is 4.90 Å². The second kappa shape index (κ2) is 8.53. The predicted molar refractivity (Wildman–Crippen MR) is 105 cm³/mol. The zero-order valence-corrected chi connectivity index (χ0v) is 16.7. The van der Waals surface area contributed by atoms with Crippen molar-refractivity contribution in [2.45, 2.75) is 45.4 Å². The molecule has 2 atom stereocenters. The fourth-order valence-corrected chi connectivity index (χ4v) is 4.33. The van der Waals surface area contributed by atoms with E-state index in [4.69, 9.17) is 4.74 Å². The number of benzene rings is 1. The van der Waals surface area contributed by atoms with Crippen LogP contribution in [0.5, 0.6) is 0 Å². The van der Waals surface area contributed by atoms with Gasteiger partial charge in [0.2, 0.25) is 0 Å². The third-order valence-corrected chi connectivity index (χ3v) is 5.76. The Labute approximate surface area is 165 Å². The quantitative estimate of drug-likeness (QED) is 0.758. The molecule has 28 heavy (non-hydrogen) atoms. The summed E-state index contributed by atoms with van der Waals surface area (Å²) in [5.74, 6) is 1.13. The summed E-state index contributed by atoms with van der Waals surface area (Å²) in [6, 6.07) is 6.93. The van der Waals surface area contributed by atoms with Gasteiger partial charge < -0.3 is 9.64 Å². The fourth-order valence-electron chi connectivity index (χ4n) is 4.33. The Morgan fingerprint density at radius 3 is 2.54 bits per heavy atom. The molecule has 1 aromatic carbocycles. The van der Waals surface area contributed by atoms with Crippen LogP contribution in [0.4, 0.5) is 10.1 Å². The lowest BCUT2D eigenvalue weighted by Gasteiger charge is -2.41. The zero-order valence-electron chi connectivity index (χ0n) is 16.7. The lowest BCUT2D eigenvalue weighted by atomic mass is 10.0. The van der Waals surface area contributed by atoms with E-state index in [2.05, 4.69) is 39.2 Å². The van der Waals surface area contributed by atoms with Crippen LogP contribution in [-0.2, 0) is 11.3 Å². The molecule has 1 aromatic heterocycles.